The molecular formula is C13H13F2NOS. The second kappa shape index (κ2) is 5.46. The number of benzene rings is 1. The highest BCUT2D eigenvalue weighted by Gasteiger charge is 2.11. The second-order valence-corrected chi connectivity index (χ2v) is 5.26. The molecule has 0 bridgehead atoms. The van der Waals surface area contributed by atoms with Crippen LogP contribution in [0.25, 0.3) is 0 Å². The Labute approximate surface area is 108 Å². The van der Waals surface area contributed by atoms with E-state index < -0.39 is 11.6 Å². The first-order valence-electron chi connectivity index (χ1n) is 5.46. The highest BCUT2D eigenvalue weighted by Crippen LogP contribution is 2.23. The number of rotatable bonds is 4. The minimum absolute atomic E-state index is 0.0140. The van der Waals surface area contributed by atoms with E-state index in [1.54, 1.807) is 11.3 Å². The van der Waals surface area contributed by atoms with E-state index in [9.17, 15) is 8.78 Å². The lowest BCUT2D eigenvalue weighted by molar-refractivity contribution is 0.278. The molecule has 1 heterocycles. The van der Waals surface area contributed by atoms with Crippen molar-refractivity contribution in [2.75, 3.05) is 6.61 Å². The molecule has 0 radical (unpaired) electrons. The van der Waals surface area contributed by atoms with Crippen LogP contribution in [-0.4, -0.2) is 6.61 Å². The van der Waals surface area contributed by atoms with Crippen molar-refractivity contribution in [2.45, 2.75) is 13.0 Å². The molecule has 0 aliphatic rings. The first kappa shape index (κ1) is 13.0. The Morgan fingerprint density at radius 3 is 2.67 bits per heavy atom. The maximum atomic E-state index is 13.3. The van der Waals surface area contributed by atoms with Crippen LogP contribution in [0, 0.1) is 18.6 Å². The highest BCUT2D eigenvalue weighted by molar-refractivity contribution is 7.12. The van der Waals surface area contributed by atoms with Crippen LogP contribution in [-0.2, 0) is 0 Å². The molecule has 0 saturated carbocycles. The van der Waals surface area contributed by atoms with Crippen molar-refractivity contribution in [3.05, 3.63) is 51.7 Å². The molecule has 2 nitrogen and oxygen atoms in total. The fourth-order valence-corrected chi connectivity index (χ4v) is 2.37. The molecular weight excluding hydrogens is 256 g/mol. The van der Waals surface area contributed by atoms with Crippen LogP contribution in [0.5, 0.6) is 5.75 Å². The molecule has 1 aromatic carbocycles. The minimum atomic E-state index is -0.718. The average molecular weight is 269 g/mol. The smallest absolute Gasteiger partial charge is 0.167 e. The van der Waals surface area contributed by atoms with Gasteiger partial charge in [-0.25, -0.2) is 8.78 Å². The summed E-state index contributed by atoms with van der Waals surface area (Å²) in [6.45, 7) is 2.14. The topological polar surface area (TPSA) is 35.2 Å². The Balaban J connectivity index is 1.99. The van der Waals surface area contributed by atoms with Gasteiger partial charge in [0, 0.05) is 15.8 Å². The zero-order valence-corrected chi connectivity index (χ0v) is 10.6. The van der Waals surface area contributed by atoms with Gasteiger partial charge in [-0.2, -0.15) is 0 Å². The lowest BCUT2D eigenvalue weighted by Crippen LogP contribution is -2.18. The number of aryl methyl sites for hydroxylation is 1. The number of hydrogen-bond donors (Lipinski definition) is 1. The lowest BCUT2D eigenvalue weighted by Gasteiger charge is -2.12. The molecule has 1 atom stereocenters. The highest BCUT2D eigenvalue weighted by atomic mass is 32.1. The Hall–Kier alpha value is -1.46. The van der Waals surface area contributed by atoms with Gasteiger partial charge in [0.1, 0.15) is 12.4 Å². The molecule has 0 spiro atoms. The summed E-state index contributed by atoms with van der Waals surface area (Å²) in [5, 5.41) is 0. The largest absolute Gasteiger partial charge is 0.489 e. The average Bonchev–Trinajstić information content (AvgIpc) is 2.74. The second-order valence-electron chi connectivity index (χ2n) is 3.94. The normalized spacial score (nSPS) is 12.4. The fraction of sp³-hybridized carbons (Fsp3) is 0.231. The Kier molecular flexibility index (Phi) is 3.93. The van der Waals surface area contributed by atoms with Crippen molar-refractivity contribution >= 4 is 11.3 Å². The van der Waals surface area contributed by atoms with Crippen LogP contribution in [0.3, 0.4) is 0 Å². The zero-order chi connectivity index (χ0) is 13.1. The molecule has 1 aromatic heterocycles. The number of halogens is 2. The molecule has 2 rings (SSSR count). The van der Waals surface area contributed by atoms with Crippen LogP contribution >= 0.6 is 11.3 Å². The minimum Gasteiger partial charge on any atom is -0.489 e. The van der Waals surface area contributed by atoms with Gasteiger partial charge in [0.2, 0.25) is 0 Å². The van der Waals surface area contributed by atoms with E-state index in [-0.39, 0.29) is 18.4 Å². The van der Waals surface area contributed by atoms with Gasteiger partial charge in [0.25, 0.3) is 0 Å². The number of ether oxygens (including phenoxy) is 1. The van der Waals surface area contributed by atoms with E-state index in [1.165, 1.54) is 6.07 Å². The molecule has 2 N–H and O–H groups in total. The first-order valence-corrected chi connectivity index (χ1v) is 6.27. The van der Waals surface area contributed by atoms with Gasteiger partial charge in [0.05, 0.1) is 6.04 Å². The standard InChI is InChI=1S/C13H13F2NOS/c1-8-2-5-13(18-8)11(16)7-17-12-4-3-9(14)6-10(12)15/h2-6,11H,7,16H2,1H3. The van der Waals surface area contributed by atoms with Crippen LogP contribution < -0.4 is 10.5 Å². The van der Waals surface area contributed by atoms with Gasteiger partial charge in [-0.15, -0.1) is 11.3 Å². The van der Waals surface area contributed by atoms with Gasteiger partial charge in [-0.3, -0.25) is 0 Å². The summed E-state index contributed by atoms with van der Waals surface area (Å²) in [5.74, 6) is -1.33. The molecule has 0 aliphatic heterocycles. The Morgan fingerprint density at radius 2 is 2.06 bits per heavy atom. The molecule has 0 fully saturated rings. The quantitative estimate of drug-likeness (QED) is 0.923. The van der Waals surface area contributed by atoms with Crippen molar-refractivity contribution < 1.29 is 13.5 Å². The number of thiophene rings is 1. The molecule has 2 aromatic rings. The van der Waals surface area contributed by atoms with Crippen LogP contribution in [0.1, 0.15) is 15.8 Å². The van der Waals surface area contributed by atoms with E-state index in [2.05, 4.69) is 0 Å². The van der Waals surface area contributed by atoms with Crippen molar-refractivity contribution in [2.24, 2.45) is 5.73 Å². The van der Waals surface area contributed by atoms with Gasteiger partial charge in [-0.1, -0.05) is 0 Å². The number of hydrogen-bond acceptors (Lipinski definition) is 3. The molecule has 0 amide bonds. The summed E-state index contributed by atoms with van der Waals surface area (Å²) in [4.78, 5) is 2.14. The van der Waals surface area contributed by atoms with Crippen molar-refractivity contribution in [1.82, 2.24) is 0 Å². The van der Waals surface area contributed by atoms with Crippen molar-refractivity contribution in [3.63, 3.8) is 0 Å². The van der Waals surface area contributed by atoms with E-state index in [4.69, 9.17) is 10.5 Å². The van der Waals surface area contributed by atoms with Crippen LogP contribution in [0.2, 0.25) is 0 Å². The van der Waals surface area contributed by atoms with Crippen LogP contribution in [0.4, 0.5) is 8.78 Å². The monoisotopic (exact) mass is 269 g/mol. The predicted molar refractivity (Wildman–Crippen MR) is 67.8 cm³/mol. The summed E-state index contributed by atoms with van der Waals surface area (Å²) in [5.41, 5.74) is 5.93. The Bertz CT molecular complexity index is 542. The summed E-state index contributed by atoms with van der Waals surface area (Å²) in [6.07, 6.45) is 0. The third-order valence-corrected chi connectivity index (χ3v) is 3.57. The van der Waals surface area contributed by atoms with E-state index >= 15 is 0 Å². The Morgan fingerprint density at radius 1 is 1.28 bits per heavy atom. The van der Waals surface area contributed by atoms with Gasteiger partial charge in [0.15, 0.2) is 11.6 Å². The molecule has 0 aliphatic carbocycles. The van der Waals surface area contributed by atoms with E-state index in [0.717, 1.165) is 21.9 Å². The third-order valence-electron chi connectivity index (χ3n) is 2.44. The molecule has 96 valence electrons. The third kappa shape index (κ3) is 3.05. The summed E-state index contributed by atoms with van der Waals surface area (Å²) >= 11 is 1.58. The summed E-state index contributed by atoms with van der Waals surface area (Å²) < 4.78 is 31.3. The summed E-state index contributed by atoms with van der Waals surface area (Å²) in [7, 11) is 0. The van der Waals surface area contributed by atoms with Crippen molar-refractivity contribution in [1.29, 1.82) is 0 Å². The maximum Gasteiger partial charge on any atom is 0.167 e. The molecule has 1 unspecified atom stereocenters. The van der Waals surface area contributed by atoms with Crippen LogP contribution in [0.15, 0.2) is 30.3 Å². The lowest BCUT2D eigenvalue weighted by atomic mass is 10.2. The predicted octanol–water partition coefficient (Wildman–Crippen LogP) is 3.41. The van der Waals surface area contributed by atoms with E-state index in [1.807, 2.05) is 19.1 Å². The van der Waals surface area contributed by atoms with Gasteiger partial charge in [-0.05, 0) is 31.2 Å². The van der Waals surface area contributed by atoms with Gasteiger partial charge >= 0.3 is 0 Å². The fourth-order valence-electron chi connectivity index (χ4n) is 1.51. The van der Waals surface area contributed by atoms with E-state index in [0.29, 0.717) is 0 Å². The van der Waals surface area contributed by atoms with Gasteiger partial charge < -0.3 is 10.5 Å². The summed E-state index contributed by atoms with van der Waals surface area (Å²) in [6, 6.07) is 6.79. The first-order chi connectivity index (χ1) is 8.56. The molecule has 0 saturated heterocycles. The van der Waals surface area contributed by atoms with Crippen molar-refractivity contribution in [3.8, 4) is 5.75 Å². The maximum absolute atomic E-state index is 13.3. The molecule has 5 heteroatoms. The number of nitrogens with two attached hydrogens (primary N) is 1. The SMILES string of the molecule is Cc1ccc(C(N)COc2ccc(F)cc2F)s1. The molecule has 18 heavy (non-hydrogen) atoms. The zero-order valence-electron chi connectivity index (χ0n) is 9.82.